The van der Waals surface area contributed by atoms with Crippen LogP contribution in [0.25, 0.3) is 0 Å². The maximum Gasteiger partial charge on any atom is 0.0353 e. The summed E-state index contributed by atoms with van der Waals surface area (Å²) in [6.07, 6.45) is 3.97. The summed E-state index contributed by atoms with van der Waals surface area (Å²) in [6.45, 7) is 12.4. The molecule has 1 heterocycles. The van der Waals surface area contributed by atoms with Crippen molar-refractivity contribution in [3.8, 4) is 0 Å². The number of hydrogen-bond donors (Lipinski definition) is 1. The minimum Gasteiger partial charge on any atom is -0.250 e. The molecule has 1 fully saturated rings. The van der Waals surface area contributed by atoms with Gasteiger partial charge in [0.2, 0.25) is 0 Å². The van der Waals surface area contributed by atoms with Gasteiger partial charge in [-0.25, -0.2) is 5.01 Å². The van der Waals surface area contributed by atoms with Crippen LogP contribution in [0.4, 0.5) is 0 Å². The van der Waals surface area contributed by atoms with Crippen LogP contribution < -0.4 is 5.43 Å². The summed E-state index contributed by atoms with van der Waals surface area (Å²) in [5, 5.41) is 2.45. The Balaban J connectivity index is 1.93. The Kier molecular flexibility index (Phi) is 4.87. The van der Waals surface area contributed by atoms with Gasteiger partial charge < -0.3 is 0 Å². The van der Waals surface area contributed by atoms with Gasteiger partial charge >= 0.3 is 0 Å². The molecule has 2 atom stereocenters. The Labute approximate surface area is 124 Å². The number of benzene rings is 1. The van der Waals surface area contributed by atoms with E-state index in [4.69, 9.17) is 0 Å². The second-order valence-corrected chi connectivity index (χ2v) is 7.32. The first-order valence-corrected chi connectivity index (χ1v) is 7.99. The molecule has 2 unspecified atom stereocenters. The summed E-state index contributed by atoms with van der Waals surface area (Å²) in [5.41, 5.74) is 6.63. The molecule has 1 aromatic rings. The molecule has 0 spiro atoms. The monoisotopic (exact) mass is 274 g/mol. The Morgan fingerprint density at radius 3 is 2.10 bits per heavy atom. The number of hydrogen-bond acceptors (Lipinski definition) is 2. The lowest BCUT2D eigenvalue weighted by Crippen LogP contribution is -2.51. The molecule has 1 aromatic carbocycles. The van der Waals surface area contributed by atoms with E-state index in [0.29, 0.717) is 12.1 Å². The van der Waals surface area contributed by atoms with Crippen molar-refractivity contribution in [3.05, 3.63) is 35.4 Å². The lowest BCUT2D eigenvalue weighted by atomic mass is 9.87. The Bertz CT molecular complexity index is 406. The van der Waals surface area contributed by atoms with Gasteiger partial charge in [-0.1, -0.05) is 51.5 Å². The summed E-state index contributed by atoms with van der Waals surface area (Å²) in [5.74, 6) is 0. The molecule has 2 rings (SSSR count). The molecule has 1 aliphatic rings. The van der Waals surface area contributed by atoms with Crippen molar-refractivity contribution in [3.63, 3.8) is 0 Å². The largest absolute Gasteiger partial charge is 0.250 e. The Morgan fingerprint density at radius 1 is 1.05 bits per heavy atom. The van der Waals surface area contributed by atoms with Crippen LogP contribution in [0.1, 0.15) is 65.0 Å². The van der Waals surface area contributed by atoms with E-state index in [1.165, 1.54) is 30.4 Å². The first-order chi connectivity index (χ1) is 9.38. The van der Waals surface area contributed by atoms with Crippen LogP contribution in [0.5, 0.6) is 0 Å². The highest BCUT2D eigenvalue weighted by Crippen LogP contribution is 2.23. The third-order valence-electron chi connectivity index (χ3n) is 4.48. The van der Waals surface area contributed by atoms with E-state index in [1.807, 2.05) is 0 Å². The van der Waals surface area contributed by atoms with Crippen molar-refractivity contribution < 1.29 is 0 Å². The fraction of sp³-hybridized carbons (Fsp3) is 0.667. The predicted octanol–water partition coefficient (Wildman–Crippen LogP) is 4.25. The van der Waals surface area contributed by atoms with Gasteiger partial charge in [0.1, 0.15) is 0 Å². The zero-order valence-electron chi connectivity index (χ0n) is 13.7. The fourth-order valence-corrected chi connectivity index (χ4v) is 3.04. The molecule has 0 bridgehead atoms. The number of piperidine rings is 1. The normalized spacial score (nSPS) is 24.9. The molecule has 2 nitrogen and oxygen atoms in total. The van der Waals surface area contributed by atoms with Gasteiger partial charge in [0.15, 0.2) is 0 Å². The predicted molar refractivity (Wildman–Crippen MR) is 86.6 cm³/mol. The molecule has 112 valence electrons. The van der Waals surface area contributed by atoms with Crippen molar-refractivity contribution in [2.75, 3.05) is 0 Å². The average Bonchev–Trinajstić information content (AvgIpc) is 2.37. The van der Waals surface area contributed by atoms with Gasteiger partial charge in [0.05, 0.1) is 0 Å². The average molecular weight is 274 g/mol. The molecule has 0 aliphatic carbocycles. The molecule has 0 amide bonds. The van der Waals surface area contributed by atoms with Crippen molar-refractivity contribution in [2.45, 2.75) is 77.9 Å². The maximum atomic E-state index is 3.63. The first kappa shape index (κ1) is 15.5. The van der Waals surface area contributed by atoms with Crippen LogP contribution >= 0.6 is 0 Å². The van der Waals surface area contributed by atoms with E-state index in [1.54, 1.807) is 0 Å². The summed E-state index contributed by atoms with van der Waals surface area (Å²) in [7, 11) is 0. The van der Waals surface area contributed by atoms with E-state index in [2.05, 4.69) is 69.3 Å². The van der Waals surface area contributed by atoms with E-state index < -0.39 is 0 Å². The number of nitrogens with one attached hydrogen (secondary N) is 1. The molecule has 1 aliphatic heterocycles. The third-order valence-corrected chi connectivity index (χ3v) is 4.48. The minimum atomic E-state index is 0.238. The molecule has 0 radical (unpaired) electrons. The van der Waals surface area contributed by atoms with Crippen molar-refractivity contribution >= 4 is 0 Å². The van der Waals surface area contributed by atoms with Crippen LogP contribution in [-0.4, -0.2) is 17.1 Å². The molecule has 1 saturated heterocycles. The topological polar surface area (TPSA) is 15.3 Å². The van der Waals surface area contributed by atoms with Crippen LogP contribution in [0.15, 0.2) is 24.3 Å². The number of hydrazine groups is 1. The van der Waals surface area contributed by atoms with Crippen molar-refractivity contribution in [1.82, 2.24) is 10.4 Å². The lowest BCUT2D eigenvalue weighted by Gasteiger charge is -2.39. The summed E-state index contributed by atoms with van der Waals surface area (Å²) in [6, 6.07) is 10.3. The van der Waals surface area contributed by atoms with Gasteiger partial charge in [-0.3, -0.25) is 5.43 Å². The Hall–Kier alpha value is -0.860. The quantitative estimate of drug-likeness (QED) is 0.886. The SMILES string of the molecule is CC1CCCC(C)N1NCc1ccc(C(C)(C)C)cc1. The van der Waals surface area contributed by atoms with E-state index >= 15 is 0 Å². The van der Waals surface area contributed by atoms with E-state index in [0.717, 1.165) is 6.54 Å². The second kappa shape index (κ2) is 6.28. The van der Waals surface area contributed by atoms with Gasteiger partial charge in [-0.2, -0.15) is 0 Å². The van der Waals surface area contributed by atoms with Gasteiger partial charge in [-0.15, -0.1) is 0 Å². The molecular formula is C18H30N2. The third kappa shape index (κ3) is 3.83. The molecule has 2 heteroatoms. The molecular weight excluding hydrogens is 244 g/mol. The van der Waals surface area contributed by atoms with Gasteiger partial charge in [-0.05, 0) is 43.2 Å². The smallest absolute Gasteiger partial charge is 0.0353 e. The highest BCUT2D eigenvalue weighted by molar-refractivity contribution is 5.27. The first-order valence-electron chi connectivity index (χ1n) is 7.99. The van der Waals surface area contributed by atoms with Crippen molar-refractivity contribution in [1.29, 1.82) is 0 Å². The minimum absolute atomic E-state index is 0.238. The number of nitrogens with zero attached hydrogens (tertiary/aromatic N) is 1. The highest BCUT2D eigenvalue weighted by Gasteiger charge is 2.24. The lowest BCUT2D eigenvalue weighted by molar-refractivity contribution is 0.0435. The highest BCUT2D eigenvalue weighted by atomic mass is 15.5. The van der Waals surface area contributed by atoms with Crippen LogP contribution in [0.2, 0.25) is 0 Å². The van der Waals surface area contributed by atoms with Gasteiger partial charge in [0.25, 0.3) is 0 Å². The fourth-order valence-electron chi connectivity index (χ4n) is 3.04. The van der Waals surface area contributed by atoms with Crippen LogP contribution in [-0.2, 0) is 12.0 Å². The summed E-state index contributed by atoms with van der Waals surface area (Å²) < 4.78 is 0. The van der Waals surface area contributed by atoms with E-state index in [-0.39, 0.29) is 5.41 Å². The van der Waals surface area contributed by atoms with Gasteiger partial charge in [0, 0.05) is 18.6 Å². The summed E-state index contributed by atoms with van der Waals surface area (Å²) >= 11 is 0. The van der Waals surface area contributed by atoms with Crippen molar-refractivity contribution in [2.24, 2.45) is 0 Å². The number of rotatable bonds is 3. The summed E-state index contributed by atoms with van der Waals surface area (Å²) in [4.78, 5) is 0. The second-order valence-electron chi connectivity index (χ2n) is 7.32. The molecule has 1 N–H and O–H groups in total. The van der Waals surface area contributed by atoms with Crippen LogP contribution in [0, 0.1) is 0 Å². The Morgan fingerprint density at radius 2 is 1.60 bits per heavy atom. The molecule has 0 aromatic heterocycles. The maximum absolute atomic E-state index is 3.63. The van der Waals surface area contributed by atoms with Crippen LogP contribution in [0.3, 0.4) is 0 Å². The molecule has 20 heavy (non-hydrogen) atoms. The zero-order chi connectivity index (χ0) is 14.8. The molecule has 0 saturated carbocycles. The standard InChI is InChI=1S/C18H30N2/c1-14-7-6-8-15(2)20(14)19-13-16-9-11-17(12-10-16)18(3,4)5/h9-12,14-15,19H,6-8,13H2,1-5H3. The van der Waals surface area contributed by atoms with E-state index in [9.17, 15) is 0 Å². The zero-order valence-corrected chi connectivity index (χ0v) is 13.7.